The van der Waals surface area contributed by atoms with E-state index in [1.54, 1.807) is 31.3 Å². The van der Waals surface area contributed by atoms with Crippen LogP contribution in [-0.2, 0) is 27.5 Å². The Morgan fingerprint density at radius 3 is 2.69 bits per heavy atom. The van der Waals surface area contributed by atoms with Gasteiger partial charge in [0.2, 0.25) is 10.0 Å². The van der Waals surface area contributed by atoms with Crippen LogP contribution in [0.4, 0.5) is 5.69 Å². The average Bonchev–Trinajstić information content (AvgIpc) is 3.19. The summed E-state index contributed by atoms with van der Waals surface area (Å²) in [5, 5.41) is 12.4. The number of hydrogen-bond donors (Lipinski definition) is 2. The van der Waals surface area contributed by atoms with Crippen LogP contribution in [0.25, 0.3) is 0 Å². The lowest BCUT2D eigenvalue weighted by molar-refractivity contribution is -0.0529. The van der Waals surface area contributed by atoms with Crippen LogP contribution in [-0.4, -0.2) is 49.4 Å². The third-order valence-corrected chi connectivity index (χ3v) is 13.6. The quantitative estimate of drug-likeness (QED) is 0.282. The lowest BCUT2D eigenvalue weighted by atomic mass is 9.63. The number of fused-ring (bicyclic) bond motifs is 4. The number of allylic oxidation sites excluding steroid dienone is 1. The summed E-state index contributed by atoms with van der Waals surface area (Å²) in [5.41, 5.74) is 3.44. The van der Waals surface area contributed by atoms with Gasteiger partial charge in [-0.15, -0.1) is 0 Å². The number of nitrogens with one attached hydrogen (secondary N) is 1. The second kappa shape index (κ2) is 12.5. The molecule has 1 saturated carbocycles. The van der Waals surface area contributed by atoms with Gasteiger partial charge in [0.05, 0.1) is 23.2 Å². The van der Waals surface area contributed by atoms with E-state index in [4.69, 9.17) is 21.3 Å². The van der Waals surface area contributed by atoms with Crippen LogP contribution >= 0.6 is 11.6 Å². The fourth-order valence-corrected chi connectivity index (χ4v) is 9.73. The predicted octanol–water partition coefficient (Wildman–Crippen LogP) is 6.47. The summed E-state index contributed by atoms with van der Waals surface area (Å²) in [6.45, 7) is 7.19. The van der Waals surface area contributed by atoms with Gasteiger partial charge in [0.1, 0.15) is 11.4 Å². The first kappa shape index (κ1) is 33.1. The Kier molecular flexibility index (Phi) is 8.61. The minimum Gasteiger partial charge on any atom is -0.490 e. The first-order chi connectivity index (χ1) is 22.9. The SMILES string of the molecule is Cc1ccc([C@@]2(O)/C=C\C[C@H](C)[C@@H](C)S(=O)(=O)NC(=O)c3ccc4c(c3)N(C[C@@H]3CC[C@H]32)C[C@@]2(CCCc3cc(Cl)ccc32)CO4)nc1. The number of nitrogens with zero attached hydrogens (tertiary/aromatic N) is 2. The number of amides is 1. The number of benzene rings is 2. The molecule has 0 unspecified atom stereocenters. The van der Waals surface area contributed by atoms with Crippen molar-refractivity contribution >= 4 is 33.2 Å². The summed E-state index contributed by atoms with van der Waals surface area (Å²) >= 11 is 6.44. The predicted molar refractivity (Wildman–Crippen MR) is 188 cm³/mol. The molecule has 2 bridgehead atoms. The topological polar surface area (TPSA) is 109 Å². The number of carbonyl (C=O) groups excluding carboxylic acids is 1. The molecule has 6 atom stereocenters. The number of ether oxygens (including phenoxy) is 1. The van der Waals surface area contributed by atoms with E-state index < -0.39 is 26.8 Å². The molecule has 10 heteroatoms. The van der Waals surface area contributed by atoms with Crippen LogP contribution in [0.1, 0.15) is 78.7 Å². The van der Waals surface area contributed by atoms with Crippen LogP contribution in [0.15, 0.2) is 66.9 Å². The highest BCUT2D eigenvalue weighted by molar-refractivity contribution is 7.90. The largest absolute Gasteiger partial charge is 0.490 e. The number of hydrogen-bond acceptors (Lipinski definition) is 7. The van der Waals surface area contributed by atoms with Crippen LogP contribution in [0, 0.1) is 24.7 Å². The number of sulfonamides is 1. The van der Waals surface area contributed by atoms with Crippen molar-refractivity contribution in [2.24, 2.45) is 17.8 Å². The van der Waals surface area contributed by atoms with Crippen molar-refractivity contribution in [3.8, 4) is 5.75 Å². The summed E-state index contributed by atoms with van der Waals surface area (Å²) in [5.74, 6) is -0.298. The molecule has 0 radical (unpaired) electrons. The monoisotopic (exact) mass is 689 g/mol. The zero-order valence-corrected chi connectivity index (χ0v) is 29.4. The fourth-order valence-electron chi connectivity index (χ4n) is 8.25. The average molecular weight is 690 g/mol. The molecule has 3 aromatic rings. The second-order valence-electron chi connectivity index (χ2n) is 14.6. The minimum atomic E-state index is -3.99. The van der Waals surface area contributed by atoms with E-state index in [-0.39, 0.29) is 28.7 Å². The van der Waals surface area contributed by atoms with Crippen LogP contribution in [0.2, 0.25) is 5.02 Å². The smallest absolute Gasteiger partial charge is 0.264 e. The molecular formula is C38H44ClN3O5S. The molecule has 48 heavy (non-hydrogen) atoms. The van der Waals surface area contributed by atoms with Crippen molar-refractivity contribution in [3.63, 3.8) is 0 Å². The van der Waals surface area contributed by atoms with Gasteiger partial charge >= 0.3 is 0 Å². The van der Waals surface area contributed by atoms with Gasteiger partial charge in [-0.3, -0.25) is 9.78 Å². The maximum absolute atomic E-state index is 13.5. The summed E-state index contributed by atoms with van der Waals surface area (Å²) in [7, 11) is -3.99. The van der Waals surface area contributed by atoms with Gasteiger partial charge in [-0.2, -0.15) is 0 Å². The molecule has 4 aliphatic rings. The van der Waals surface area contributed by atoms with Crippen molar-refractivity contribution < 1.29 is 23.1 Å². The molecule has 1 fully saturated rings. The van der Waals surface area contributed by atoms with Crippen LogP contribution < -0.4 is 14.4 Å². The Hall–Kier alpha value is -3.40. The van der Waals surface area contributed by atoms with Gasteiger partial charge in [0, 0.05) is 41.2 Å². The molecule has 1 amide bonds. The van der Waals surface area contributed by atoms with Crippen molar-refractivity contribution in [3.05, 3.63) is 99.9 Å². The maximum Gasteiger partial charge on any atom is 0.264 e. The minimum absolute atomic E-state index is 0.110. The van der Waals surface area contributed by atoms with Gasteiger partial charge in [-0.1, -0.05) is 42.8 Å². The van der Waals surface area contributed by atoms with E-state index in [2.05, 4.69) is 21.8 Å². The summed E-state index contributed by atoms with van der Waals surface area (Å²) in [6.07, 6.45) is 10.6. The van der Waals surface area contributed by atoms with E-state index in [9.17, 15) is 18.3 Å². The molecule has 2 N–H and O–H groups in total. The van der Waals surface area contributed by atoms with E-state index in [0.29, 0.717) is 37.6 Å². The number of halogens is 1. The zero-order chi connectivity index (χ0) is 33.8. The van der Waals surface area contributed by atoms with Gasteiger partial charge in [-0.25, -0.2) is 13.1 Å². The number of pyridine rings is 1. The molecule has 2 aliphatic carbocycles. The van der Waals surface area contributed by atoms with Gasteiger partial charge in [0.15, 0.2) is 0 Å². The lowest BCUT2D eigenvalue weighted by Gasteiger charge is -2.49. The molecule has 254 valence electrons. The van der Waals surface area contributed by atoms with Crippen LogP contribution in [0.5, 0.6) is 5.75 Å². The normalized spacial score (nSPS) is 32.1. The summed E-state index contributed by atoms with van der Waals surface area (Å²) in [4.78, 5) is 20.5. The highest BCUT2D eigenvalue weighted by atomic mass is 35.5. The maximum atomic E-state index is 13.5. The molecule has 1 spiro atoms. The molecule has 0 saturated heterocycles. The second-order valence-corrected chi connectivity index (χ2v) is 17.0. The molecular weight excluding hydrogens is 646 g/mol. The van der Waals surface area contributed by atoms with E-state index in [0.717, 1.165) is 48.4 Å². The van der Waals surface area contributed by atoms with Crippen molar-refractivity contribution in [1.29, 1.82) is 0 Å². The Labute approximate surface area is 288 Å². The highest BCUT2D eigenvalue weighted by Gasteiger charge is 2.49. The summed E-state index contributed by atoms with van der Waals surface area (Å²) in [6, 6.07) is 15.2. The third kappa shape index (κ3) is 5.92. The zero-order valence-electron chi connectivity index (χ0n) is 27.8. The summed E-state index contributed by atoms with van der Waals surface area (Å²) < 4.78 is 35.8. The Morgan fingerprint density at radius 1 is 1.10 bits per heavy atom. The highest BCUT2D eigenvalue weighted by Crippen LogP contribution is 2.50. The van der Waals surface area contributed by atoms with E-state index in [1.807, 2.05) is 44.2 Å². The van der Waals surface area contributed by atoms with Crippen LogP contribution in [0.3, 0.4) is 0 Å². The van der Waals surface area contributed by atoms with Gasteiger partial charge < -0.3 is 14.7 Å². The number of aryl methyl sites for hydroxylation is 2. The molecule has 1 aromatic heterocycles. The number of aromatic nitrogens is 1. The third-order valence-electron chi connectivity index (χ3n) is 11.5. The standard InChI is InChI=1S/C38H44ClN3O5S/c1-24-8-15-35(40-20-24)38(44)17-4-6-25(2)26(3)48(45,46)41-36(43)28-10-14-34-33(19-28)42(21-29-9-12-32(29)38)22-37(23-47-34)16-5-7-27-18-30(39)11-13-31(27)37/h4,8,10-11,13-15,17-20,25-26,29,32,44H,5-7,9,12,16,21-23H2,1-3H3,(H,41,43)/b17-4-/t25-,26+,29-,32+,37-,38+/m0/s1. The van der Waals surface area contributed by atoms with Gasteiger partial charge in [0.25, 0.3) is 5.91 Å². The number of carbonyl (C=O) groups is 1. The first-order valence-electron chi connectivity index (χ1n) is 17.1. The lowest BCUT2D eigenvalue weighted by Crippen LogP contribution is -2.51. The number of anilines is 1. The molecule has 2 aliphatic heterocycles. The first-order valence-corrected chi connectivity index (χ1v) is 19.0. The Bertz CT molecular complexity index is 1860. The molecule has 3 heterocycles. The Morgan fingerprint density at radius 2 is 1.94 bits per heavy atom. The molecule has 7 rings (SSSR count). The van der Waals surface area contributed by atoms with Crippen molar-refractivity contribution in [2.75, 3.05) is 24.6 Å². The van der Waals surface area contributed by atoms with E-state index >= 15 is 0 Å². The van der Waals surface area contributed by atoms with Crippen molar-refractivity contribution in [1.82, 2.24) is 9.71 Å². The molecule has 8 nitrogen and oxygen atoms in total. The number of rotatable bonds is 1. The fraction of sp³-hybridized carbons (Fsp3) is 0.474. The molecule has 2 aromatic carbocycles. The Balaban J connectivity index is 1.35. The van der Waals surface area contributed by atoms with E-state index in [1.165, 1.54) is 11.1 Å². The number of aliphatic hydroxyl groups is 1. The van der Waals surface area contributed by atoms with Gasteiger partial charge in [-0.05, 0) is 117 Å². The van der Waals surface area contributed by atoms with Crippen molar-refractivity contribution in [2.45, 2.75) is 75.6 Å².